The molecule has 1 aliphatic rings. The quantitative estimate of drug-likeness (QED) is 0.286. The smallest absolute Gasteiger partial charge is 0.295 e. The van der Waals surface area contributed by atoms with Crippen molar-refractivity contribution in [3.63, 3.8) is 0 Å². The lowest BCUT2D eigenvalue weighted by Gasteiger charge is -2.27. The topological polar surface area (TPSA) is 70.1 Å². The summed E-state index contributed by atoms with van der Waals surface area (Å²) in [5, 5.41) is 11.4. The highest BCUT2D eigenvalue weighted by Crippen LogP contribution is 2.40. The number of Topliss-reactive ketones (excluding diaryl/α,β-unsaturated/α-hetero) is 1. The van der Waals surface area contributed by atoms with Crippen molar-refractivity contribution in [2.75, 3.05) is 33.8 Å². The molecule has 1 aliphatic heterocycles. The Balaban J connectivity index is 2.08. The molecule has 0 aromatic heterocycles. The second-order valence-electron chi connectivity index (χ2n) is 10.9. The molecular formula is C30H40N2O4. The van der Waals surface area contributed by atoms with Crippen LogP contribution in [-0.4, -0.2) is 60.4 Å². The molecule has 1 unspecified atom stereocenters. The zero-order valence-electron chi connectivity index (χ0n) is 22.7. The van der Waals surface area contributed by atoms with E-state index >= 15 is 0 Å². The number of hydrogen-bond acceptors (Lipinski definition) is 5. The molecule has 0 saturated carbocycles. The summed E-state index contributed by atoms with van der Waals surface area (Å²) in [6, 6.07) is 12.7. The highest BCUT2D eigenvalue weighted by atomic mass is 16.5. The largest absolute Gasteiger partial charge is 0.507 e. The van der Waals surface area contributed by atoms with Crippen LogP contribution in [0.2, 0.25) is 0 Å². The van der Waals surface area contributed by atoms with Crippen LogP contribution in [0.1, 0.15) is 68.8 Å². The molecule has 6 heteroatoms. The van der Waals surface area contributed by atoms with Crippen LogP contribution in [-0.2, 0) is 15.0 Å². The first-order valence-electron chi connectivity index (χ1n) is 12.7. The second kappa shape index (κ2) is 11.3. The minimum Gasteiger partial charge on any atom is -0.507 e. The van der Waals surface area contributed by atoms with Gasteiger partial charge in [-0.3, -0.25) is 9.59 Å². The number of likely N-dealkylation sites (tertiary alicyclic amines) is 1. The van der Waals surface area contributed by atoms with Gasteiger partial charge in [0.25, 0.3) is 11.7 Å². The molecule has 36 heavy (non-hydrogen) atoms. The molecule has 1 fully saturated rings. The number of ketones is 1. The van der Waals surface area contributed by atoms with Gasteiger partial charge in [-0.15, -0.1) is 0 Å². The molecule has 0 aliphatic carbocycles. The molecular weight excluding hydrogens is 452 g/mol. The van der Waals surface area contributed by atoms with Crippen molar-refractivity contribution in [1.82, 2.24) is 9.80 Å². The van der Waals surface area contributed by atoms with Crippen molar-refractivity contribution in [2.24, 2.45) is 0 Å². The van der Waals surface area contributed by atoms with Crippen LogP contribution < -0.4 is 4.74 Å². The van der Waals surface area contributed by atoms with Gasteiger partial charge >= 0.3 is 0 Å². The van der Waals surface area contributed by atoms with Crippen molar-refractivity contribution < 1.29 is 19.4 Å². The summed E-state index contributed by atoms with van der Waals surface area (Å²) in [7, 11) is 3.96. The number of aliphatic hydroxyl groups is 1. The van der Waals surface area contributed by atoms with Crippen LogP contribution in [0, 0.1) is 6.92 Å². The average Bonchev–Trinajstić information content (AvgIpc) is 3.07. The SMILES string of the molecule is CCCOc1ccc(C(O)=C2C(=O)C(=O)N(CCCN(C)C)C2c2ccc(C(C)(C)C)cc2)cc1C. The van der Waals surface area contributed by atoms with Gasteiger partial charge in [-0.2, -0.15) is 0 Å². The van der Waals surface area contributed by atoms with Crippen molar-refractivity contribution >= 4 is 17.4 Å². The fraction of sp³-hybridized carbons (Fsp3) is 0.467. The number of rotatable bonds is 9. The van der Waals surface area contributed by atoms with E-state index in [9.17, 15) is 14.7 Å². The van der Waals surface area contributed by atoms with Gasteiger partial charge < -0.3 is 19.6 Å². The maximum Gasteiger partial charge on any atom is 0.295 e. The molecule has 1 saturated heterocycles. The maximum absolute atomic E-state index is 13.3. The van der Waals surface area contributed by atoms with Crippen molar-refractivity contribution in [3.05, 3.63) is 70.3 Å². The number of aliphatic hydroxyl groups excluding tert-OH is 1. The Kier molecular flexibility index (Phi) is 8.62. The van der Waals surface area contributed by atoms with Crippen molar-refractivity contribution in [1.29, 1.82) is 0 Å². The number of aryl methyl sites for hydroxylation is 1. The van der Waals surface area contributed by atoms with Gasteiger partial charge in [-0.25, -0.2) is 0 Å². The Morgan fingerprint density at radius 3 is 2.31 bits per heavy atom. The summed E-state index contributed by atoms with van der Waals surface area (Å²) in [6.45, 7) is 12.2. The van der Waals surface area contributed by atoms with Gasteiger partial charge in [0.1, 0.15) is 11.5 Å². The molecule has 0 bridgehead atoms. The molecule has 6 nitrogen and oxygen atoms in total. The molecule has 2 aromatic rings. The first kappa shape index (κ1) is 27.5. The Morgan fingerprint density at radius 1 is 1.08 bits per heavy atom. The number of hydrogen-bond donors (Lipinski definition) is 1. The van der Waals surface area contributed by atoms with Crippen LogP contribution in [0.15, 0.2) is 48.0 Å². The first-order valence-corrected chi connectivity index (χ1v) is 12.7. The van der Waals surface area contributed by atoms with Gasteiger partial charge in [0.05, 0.1) is 18.2 Å². The van der Waals surface area contributed by atoms with Crippen LogP contribution >= 0.6 is 0 Å². The van der Waals surface area contributed by atoms with Crippen LogP contribution in [0.3, 0.4) is 0 Å². The van der Waals surface area contributed by atoms with Crippen molar-refractivity contribution in [3.8, 4) is 5.75 Å². The normalized spacial score (nSPS) is 17.8. The highest BCUT2D eigenvalue weighted by molar-refractivity contribution is 6.46. The van der Waals surface area contributed by atoms with E-state index in [1.807, 2.05) is 52.2 Å². The molecule has 0 radical (unpaired) electrons. The molecule has 1 atom stereocenters. The number of ether oxygens (including phenoxy) is 1. The number of nitrogens with zero attached hydrogens (tertiary/aromatic N) is 2. The Labute approximate surface area is 215 Å². The summed E-state index contributed by atoms with van der Waals surface area (Å²) in [4.78, 5) is 30.1. The fourth-order valence-electron chi connectivity index (χ4n) is 4.51. The number of carbonyl (C=O) groups excluding carboxylic acids is 2. The van der Waals surface area contributed by atoms with E-state index in [0.717, 1.165) is 41.8 Å². The molecule has 1 heterocycles. The molecule has 3 rings (SSSR count). The lowest BCUT2D eigenvalue weighted by Crippen LogP contribution is -2.32. The van der Waals surface area contributed by atoms with Crippen LogP contribution in [0.25, 0.3) is 5.76 Å². The van der Waals surface area contributed by atoms with Gasteiger partial charge in [0.2, 0.25) is 0 Å². The summed E-state index contributed by atoms with van der Waals surface area (Å²) in [6.07, 6.45) is 1.62. The zero-order chi connectivity index (χ0) is 26.6. The molecule has 0 spiro atoms. The van der Waals surface area contributed by atoms with E-state index in [1.54, 1.807) is 23.1 Å². The van der Waals surface area contributed by atoms with Gasteiger partial charge in [0, 0.05) is 12.1 Å². The third-order valence-electron chi connectivity index (χ3n) is 6.55. The maximum atomic E-state index is 13.3. The fourth-order valence-corrected chi connectivity index (χ4v) is 4.51. The van der Waals surface area contributed by atoms with E-state index in [2.05, 4.69) is 25.7 Å². The minimum absolute atomic E-state index is 0.0226. The summed E-state index contributed by atoms with van der Waals surface area (Å²) in [5.74, 6) is -0.628. The van der Waals surface area contributed by atoms with E-state index in [0.29, 0.717) is 18.7 Å². The molecule has 194 valence electrons. The zero-order valence-corrected chi connectivity index (χ0v) is 22.7. The predicted molar refractivity (Wildman–Crippen MR) is 144 cm³/mol. The molecule has 2 aromatic carbocycles. The third-order valence-corrected chi connectivity index (χ3v) is 6.55. The Hall–Kier alpha value is -3.12. The summed E-state index contributed by atoms with van der Waals surface area (Å²) in [5.41, 5.74) is 3.44. The van der Waals surface area contributed by atoms with Gasteiger partial charge in [-0.1, -0.05) is 52.0 Å². The third kappa shape index (κ3) is 5.98. The van der Waals surface area contributed by atoms with Crippen molar-refractivity contribution in [2.45, 2.75) is 58.9 Å². The Morgan fingerprint density at radius 2 is 1.75 bits per heavy atom. The lowest BCUT2D eigenvalue weighted by molar-refractivity contribution is -0.139. The predicted octanol–water partition coefficient (Wildman–Crippen LogP) is 5.45. The van der Waals surface area contributed by atoms with E-state index in [1.165, 1.54) is 0 Å². The van der Waals surface area contributed by atoms with E-state index < -0.39 is 17.7 Å². The second-order valence-corrected chi connectivity index (χ2v) is 10.9. The number of amides is 1. The van der Waals surface area contributed by atoms with E-state index in [-0.39, 0.29) is 16.7 Å². The summed E-state index contributed by atoms with van der Waals surface area (Å²) >= 11 is 0. The summed E-state index contributed by atoms with van der Waals surface area (Å²) < 4.78 is 5.76. The van der Waals surface area contributed by atoms with E-state index in [4.69, 9.17) is 4.74 Å². The number of benzene rings is 2. The lowest BCUT2D eigenvalue weighted by atomic mass is 9.85. The monoisotopic (exact) mass is 492 g/mol. The minimum atomic E-state index is -0.647. The first-order chi connectivity index (χ1) is 17.0. The highest BCUT2D eigenvalue weighted by Gasteiger charge is 2.45. The standard InChI is InChI=1S/C30H40N2O4/c1-8-18-36-24-15-12-22(19-20(24)2)27(33)25-26(21-10-13-23(14-11-21)30(3,4)5)32(29(35)28(25)34)17-9-16-31(6)7/h10-15,19,26,33H,8-9,16-18H2,1-7H3. The van der Waals surface area contributed by atoms with Crippen LogP contribution in [0.4, 0.5) is 0 Å². The molecule has 1 amide bonds. The van der Waals surface area contributed by atoms with Gasteiger partial charge in [0.15, 0.2) is 0 Å². The van der Waals surface area contributed by atoms with Crippen LogP contribution in [0.5, 0.6) is 5.75 Å². The Bertz CT molecular complexity index is 1130. The van der Waals surface area contributed by atoms with Gasteiger partial charge in [-0.05, 0) is 80.7 Å². The average molecular weight is 493 g/mol. The molecule has 1 N–H and O–H groups in total. The number of carbonyl (C=O) groups is 2.